The quantitative estimate of drug-likeness (QED) is 0.151. The molecule has 11 rings (SSSR count). The van der Waals surface area contributed by atoms with Gasteiger partial charge in [-0.05, 0) is 120 Å². The molecular formula is C57H38N4. The Morgan fingerprint density at radius 2 is 0.607 bits per heavy atom. The van der Waals surface area contributed by atoms with Crippen LogP contribution >= 0.6 is 0 Å². The summed E-state index contributed by atoms with van der Waals surface area (Å²) in [5.74, 6) is 1.89. The van der Waals surface area contributed by atoms with Gasteiger partial charge in [0.1, 0.15) is 0 Å². The van der Waals surface area contributed by atoms with E-state index in [-0.39, 0.29) is 0 Å². The molecule has 286 valence electrons. The molecule has 0 fully saturated rings. The van der Waals surface area contributed by atoms with Crippen molar-refractivity contribution in [1.29, 1.82) is 0 Å². The fourth-order valence-corrected chi connectivity index (χ4v) is 8.55. The molecule has 0 aliphatic carbocycles. The van der Waals surface area contributed by atoms with Gasteiger partial charge in [0, 0.05) is 28.6 Å². The molecule has 0 saturated heterocycles. The van der Waals surface area contributed by atoms with Gasteiger partial charge in [0.15, 0.2) is 17.5 Å². The van der Waals surface area contributed by atoms with Crippen LogP contribution in [-0.4, -0.2) is 19.9 Å². The number of aryl methyl sites for hydroxylation is 1. The third-order valence-electron chi connectivity index (χ3n) is 11.6. The van der Waals surface area contributed by atoms with Crippen LogP contribution in [0.3, 0.4) is 0 Å². The van der Waals surface area contributed by atoms with Gasteiger partial charge in [-0.3, -0.25) is 4.98 Å². The maximum absolute atomic E-state index is 5.16. The highest BCUT2D eigenvalue weighted by molar-refractivity contribution is 6.25. The Kier molecular flexibility index (Phi) is 9.02. The molecule has 0 radical (unpaired) electrons. The molecule has 2 aromatic heterocycles. The smallest absolute Gasteiger partial charge is 0.164 e. The second kappa shape index (κ2) is 15.3. The van der Waals surface area contributed by atoms with Gasteiger partial charge in [-0.15, -0.1) is 0 Å². The van der Waals surface area contributed by atoms with E-state index in [0.717, 1.165) is 50.2 Å². The van der Waals surface area contributed by atoms with Crippen LogP contribution in [0.25, 0.3) is 111 Å². The summed E-state index contributed by atoms with van der Waals surface area (Å²) in [6.45, 7) is 2.03. The van der Waals surface area contributed by atoms with E-state index < -0.39 is 0 Å². The number of hydrogen-bond donors (Lipinski definition) is 0. The normalized spacial score (nSPS) is 11.4. The summed E-state index contributed by atoms with van der Waals surface area (Å²) in [7, 11) is 0. The van der Waals surface area contributed by atoms with E-state index in [1.807, 2.05) is 73.8 Å². The van der Waals surface area contributed by atoms with Crippen LogP contribution < -0.4 is 0 Å². The molecule has 0 saturated carbocycles. The standard InChI is InChI=1S/C57H38N4/c1-37-32-45(30-31-58-37)40-24-20-38(21-25-40)39-22-26-41(27-23-39)46-33-47(44-28-29-53-51-18-9-8-16-49(51)50-17-10-11-19-52(50)54(53)36-44)35-48(34-46)57-60-55(42-12-4-2-5-13-42)59-56(61-57)43-14-6-3-7-15-43/h2-36H,1H3. The van der Waals surface area contributed by atoms with Crippen molar-refractivity contribution in [3.63, 3.8) is 0 Å². The van der Waals surface area contributed by atoms with Crippen LogP contribution in [0.2, 0.25) is 0 Å². The zero-order valence-electron chi connectivity index (χ0n) is 33.5. The van der Waals surface area contributed by atoms with E-state index in [1.165, 1.54) is 49.0 Å². The number of pyridine rings is 1. The topological polar surface area (TPSA) is 51.6 Å². The van der Waals surface area contributed by atoms with Gasteiger partial charge in [-0.1, -0.05) is 170 Å². The molecule has 0 unspecified atom stereocenters. The summed E-state index contributed by atoms with van der Waals surface area (Å²) in [4.78, 5) is 19.7. The highest BCUT2D eigenvalue weighted by atomic mass is 15.0. The molecule has 0 aliphatic rings. The van der Waals surface area contributed by atoms with Gasteiger partial charge in [0.25, 0.3) is 0 Å². The van der Waals surface area contributed by atoms with E-state index in [4.69, 9.17) is 15.0 Å². The van der Waals surface area contributed by atoms with Gasteiger partial charge in [0.05, 0.1) is 0 Å². The first kappa shape index (κ1) is 36.0. The molecular weight excluding hydrogens is 741 g/mol. The van der Waals surface area contributed by atoms with E-state index in [9.17, 15) is 0 Å². The number of nitrogens with zero attached hydrogens (tertiary/aromatic N) is 4. The van der Waals surface area contributed by atoms with Crippen molar-refractivity contribution in [3.05, 3.63) is 218 Å². The molecule has 0 aliphatic heterocycles. The third kappa shape index (κ3) is 6.90. The number of benzene rings is 9. The van der Waals surface area contributed by atoms with Crippen LogP contribution in [0.1, 0.15) is 5.69 Å². The number of aromatic nitrogens is 4. The Morgan fingerprint density at radius 1 is 0.246 bits per heavy atom. The summed E-state index contributed by atoms with van der Waals surface area (Å²) < 4.78 is 0. The average molecular weight is 779 g/mol. The fraction of sp³-hybridized carbons (Fsp3) is 0.0175. The van der Waals surface area contributed by atoms with Crippen molar-refractivity contribution in [2.45, 2.75) is 6.92 Å². The molecule has 0 bridgehead atoms. The Hall–Kier alpha value is -8.08. The molecule has 0 spiro atoms. The van der Waals surface area contributed by atoms with Crippen molar-refractivity contribution >= 4 is 32.3 Å². The maximum Gasteiger partial charge on any atom is 0.164 e. The third-order valence-corrected chi connectivity index (χ3v) is 11.6. The predicted octanol–water partition coefficient (Wildman–Crippen LogP) is 14.7. The van der Waals surface area contributed by atoms with E-state index in [2.05, 4.69) is 151 Å². The van der Waals surface area contributed by atoms with Gasteiger partial charge in [0.2, 0.25) is 0 Å². The number of rotatable bonds is 7. The van der Waals surface area contributed by atoms with Gasteiger partial charge in [-0.25, -0.2) is 15.0 Å². The zero-order valence-corrected chi connectivity index (χ0v) is 33.5. The molecule has 0 amide bonds. The van der Waals surface area contributed by atoms with Crippen molar-refractivity contribution < 1.29 is 0 Å². The second-order valence-electron chi connectivity index (χ2n) is 15.5. The van der Waals surface area contributed by atoms with Crippen molar-refractivity contribution in [2.24, 2.45) is 0 Å². The number of fused-ring (bicyclic) bond motifs is 6. The first-order valence-corrected chi connectivity index (χ1v) is 20.6. The summed E-state index contributed by atoms with van der Waals surface area (Å²) >= 11 is 0. The van der Waals surface area contributed by atoms with E-state index >= 15 is 0 Å². The minimum absolute atomic E-state index is 0.620. The van der Waals surface area contributed by atoms with Gasteiger partial charge in [-0.2, -0.15) is 0 Å². The first-order valence-electron chi connectivity index (χ1n) is 20.6. The Balaban J connectivity index is 1.07. The van der Waals surface area contributed by atoms with E-state index in [0.29, 0.717) is 17.5 Å². The molecule has 0 N–H and O–H groups in total. The molecule has 9 aromatic carbocycles. The van der Waals surface area contributed by atoms with Gasteiger partial charge >= 0.3 is 0 Å². The van der Waals surface area contributed by atoms with Crippen LogP contribution in [0.5, 0.6) is 0 Å². The molecule has 61 heavy (non-hydrogen) atoms. The molecule has 0 atom stereocenters. The van der Waals surface area contributed by atoms with Crippen LogP contribution in [0.4, 0.5) is 0 Å². The van der Waals surface area contributed by atoms with Crippen molar-refractivity contribution in [3.8, 4) is 78.7 Å². The minimum atomic E-state index is 0.620. The van der Waals surface area contributed by atoms with Gasteiger partial charge < -0.3 is 0 Å². The van der Waals surface area contributed by atoms with Crippen LogP contribution in [-0.2, 0) is 0 Å². The zero-order chi connectivity index (χ0) is 40.7. The fourth-order valence-electron chi connectivity index (χ4n) is 8.55. The largest absolute Gasteiger partial charge is 0.262 e. The lowest BCUT2D eigenvalue weighted by molar-refractivity contribution is 1.07. The Labute approximate surface area is 354 Å². The molecule has 2 heterocycles. The Bertz CT molecular complexity index is 3300. The van der Waals surface area contributed by atoms with E-state index in [1.54, 1.807) is 0 Å². The average Bonchev–Trinajstić information content (AvgIpc) is 3.34. The number of hydrogen-bond acceptors (Lipinski definition) is 4. The monoisotopic (exact) mass is 778 g/mol. The highest BCUT2D eigenvalue weighted by Crippen LogP contribution is 2.39. The highest BCUT2D eigenvalue weighted by Gasteiger charge is 2.16. The summed E-state index contributed by atoms with van der Waals surface area (Å²) in [5, 5.41) is 7.49. The Morgan fingerprint density at radius 3 is 1.11 bits per heavy atom. The molecule has 4 heteroatoms. The second-order valence-corrected chi connectivity index (χ2v) is 15.5. The lowest BCUT2D eigenvalue weighted by atomic mass is 9.90. The molecule has 4 nitrogen and oxygen atoms in total. The predicted molar refractivity (Wildman–Crippen MR) is 253 cm³/mol. The minimum Gasteiger partial charge on any atom is -0.262 e. The van der Waals surface area contributed by atoms with Crippen LogP contribution in [0, 0.1) is 6.92 Å². The first-order chi connectivity index (χ1) is 30.1. The summed E-state index contributed by atoms with van der Waals surface area (Å²) in [6, 6.07) is 73.2. The van der Waals surface area contributed by atoms with Crippen molar-refractivity contribution in [2.75, 3.05) is 0 Å². The maximum atomic E-state index is 5.16. The summed E-state index contributed by atoms with van der Waals surface area (Å²) in [6.07, 6.45) is 1.87. The lowest BCUT2D eigenvalue weighted by Crippen LogP contribution is -2.00. The molecule has 11 aromatic rings. The SMILES string of the molecule is Cc1cc(-c2ccc(-c3ccc(-c4cc(-c5ccc6c7ccccc7c7ccccc7c6c5)cc(-c5nc(-c6ccccc6)nc(-c6ccccc6)n5)c4)cc3)cc2)ccn1. The van der Waals surface area contributed by atoms with Crippen molar-refractivity contribution in [1.82, 2.24) is 19.9 Å². The summed E-state index contributed by atoms with van der Waals surface area (Å²) in [5.41, 5.74) is 12.9. The lowest BCUT2D eigenvalue weighted by Gasteiger charge is -2.15. The van der Waals surface area contributed by atoms with Crippen LogP contribution in [0.15, 0.2) is 212 Å².